The largest absolute Gasteiger partial charge is 0.494 e. The first-order chi connectivity index (χ1) is 13.0. The standard InChI is InChI=1S/C22H24N2O3/c1-15-6-4-7-19(12-15)26-11-5-8-21(25)24-20-13-18(10-9-16(20)2)22-23-17(3)14-27-22/h4,6-7,9-10,12-14H,5,8,11H2,1-3H3,(H,24,25). The second kappa shape index (κ2) is 8.54. The van der Waals surface area contributed by atoms with E-state index in [4.69, 9.17) is 9.15 Å². The van der Waals surface area contributed by atoms with Crippen LogP contribution in [0, 0.1) is 20.8 Å². The van der Waals surface area contributed by atoms with Crippen LogP contribution in [-0.2, 0) is 4.79 Å². The summed E-state index contributed by atoms with van der Waals surface area (Å²) in [5, 5.41) is 2.97. The zero-order valence-corrected chi connectivity index (χ0v) is 15.9. The monoisotopic (exact) mass is 364 g/mol. The van der Waals surface area contributed by atoms with Crippen LogP contribution in [0.4, 0.5) is 5.69 Å². The van der Waals surface area contributed by atoms with Gasteiger partial charge in [-0.2, -0.15) is 0 Å². The average Bonchev–Trinajstić information content (AvgIpc) is 3.07. The fraction of sp³-hybridized carbons (Fsp3) is 0.273. The highest BCUT2D eigenvalue weighted by molar-refractivity contribution is 5.92. The predicted octanol–water partition coefficient (Wildman–Crippen LogP) is 5.06. The van der Waals surface area contributed by atoms with Crippen molar-refractivity contribution in [2.75, 3.05) is 11.9 Å². The van der Waals surface area contributed by atoms with Crippen molar-refractivity contribution in [1.82, 2.24) is 4.98 Å². The molecule has 1 aromatic heterocycles. The van der Waals surface area contributed by atoms with E-state index in [1.165, 1.54) is 0 Å². The van der Waals surface area contributed by atoms with Gasteiger partial charge in [0, 0.05) is 17.7 Å². The second-order valence-corrected chi connectivity index (χ2v) is 6.64. The lowest BCUT2D eigenvalue weighted by atomic mass is 10.1. The first kappa shape index (κ1) is 18.7. The lowest BCUT2D eigenvalue weighted by Crippen LogP contribution is -2.13. The fourth-order valence-corrected chi connectivity index (χ4v) is 2.72. The molecule has 1 N–H and O–H groups in total. The Hall–Kier alpha value is -3.08. The van der Waals surface area contributed by atoms with Crippen LogP contribution in [0.2, 0.25) is 0 Å². The number of hydrogen-bond acceptors (Lipinski definition) is 4. The average molecular weight is 364 g/mol. The van der Waals surface area contributed by atoms with Gasteiger partial charge in [0.15, 0.2) is 0 Å². The molecule has 0 aliphatic carbocycles. The van der Waals surface area contributed by atoms with Crippen molar-refractivity contribution < 1.29 is 13.9 Å². The Bertz CT molecular complexity index is 931. The fourth-order valence-electron chi connectivity index (χ4n) is 2.72. The van der Waals surface area contributed by atoms with E-state index < -0.39 is 0 Å². The van der Waals surface area contributed by atoms with Crippen molar-refractivity contribution in [3.63, 3.8) is 0 Å². The summed E-state index contributed by atoms with van der Waals surface area (Å²) in [4.78, 5) is 16.6. The van der Waals surface area contributed by atoms with Gasteiger partial charge in [0.2, 0.25) is 11.8 Å². The van der Waals surface area contributed by atoms with Gasteiger partial charge in [0.05, 0.1) is 12.3 Å². The van der Waals surface area contributed by atoms with Crippen molar-refractivity contribution in [3.05, 3.63) is 65.5 Å². The van der Waals surface area contributed by atoms with E-state index in [9.17, 15) is 4.79 Å². The molecular formula is C22H24N2O3. The first-order valence-corrected chi connectivity index (χ1v) is 9.04. The number of rotatable bonds is 7. The third-order valence-electron chi connectivity index (χ3n) is 4.18. The molecule has 0 bridgehead atoms. The van der Waals surface area contributed by atoms with Crippen LogP contribution in [0.25, 0.3) is 11.5 Å². The van der Waals surface area contributed by atoms with Gasteiger partial charge in [0.25, 0.3) is 0 Å². The number of ether oxygens (including phenoxy) is 1. The number of amides is 1. The number of benzene rings is 2. The minimum absolute atomic E-state index is 0.0355. The molecule has 0 spiro atoms. The third-order valence-corrected chi connectivity index (χ3v) is 4.18. The van der Waals surface area contributed by atoms with E-state index in [0.717, 1.165) is 33.8 Å². The van der Waals surface area contributed by atoms with E-state index in [-0.39, 0.29) is 5.91 Å². The van der Waals surface area contributed by atoms with Gasteiger partial charge in [-0.1, -0.05) is 18.2 Å². The summed E-state index contributed by atoms with van der Waals surface area (Å²) >= 11 is 0. The molecule has 0 aliphatic heterocycles. The zero-order valence-electron chi connectivity index (χ0n) is 15.9. The SMILES string of the molecule is Cc1cccc(OCCCC(=O)Nc2cc(-c3nc(C)co3)ccc2C)c1. The molecule has 0 unspecified atom stereocenters. The Balaban J connectivity index is 1.53. The van der Waals surface area contributed by atoms with Crippen LogP contribution in [0.3, 0.4) is 0 Å². The van der Waals surface area contributed by atoms with Gasteiger partial charge in [0.1, 0.15) is 12.0 Å². The summed E-state index contributed by atoms with van der Waals surface area (Å²) in [6.07, 6.45) is 2.66. The second-order valence-electron chi connectivity index (χ2n) is 6.64. The van der Waals surface area contributed by atoms with Crippen LogP contribution >= 0.6 is 0 Å². The highest BCUT2D eigenvalue weighted by atomic mass is 16.5. The van der Waals surface area contributed by atoms with E-state index >= 15 is 0 Å². The highest BCUT2D eigenvalue weighted by Crippen LogP contribution is 2.25. The number of aromatic nitrogens is 1. The number of carbonyl (C=O) groups excluding carboxylic acids is 1. The molecule has 27 heavy (non-hydrogen) atoms. The maximum Gasteiger partial charge on any atom is 0.226 e. The topological polar surface area (TPSA) is 64.4 Å². The molecule has 3 aromatic rings. The van der Waals surface area contributed by atoms with Crippen molar-refractivity contribution in [3.8, 4) is 17.2 Å². The van der Waals surface area contributed by atoms with Gasteiger partial charge >= 0.3 is 0 Å². The van der Waals surface area contributed by atoms with E-state index in [2.05, 4.69) is 10.3 Å². The molecule has 3 rings (SSSR count). The van der Waals surface area contributed by atoms with Gasteiger partial charge < -0.3 is 14.5 Å². The third kappa shape index (κ3) is 5.20. The van der Waals surface area contributed by atoms with Crippen LogP contribution in [0.5, 0.6) is 5.75 Å². The van der Waals surface area contributed by atoms with Crippen LogP contribution < -0.4 is 10.1 Å². The summed E-state index contributed by atoms with van der Waals surface area (Å²) < 4.78 is 11.1. The number of anilines is 1. The van der Waals surface area contributed by atoms with Gasteiger partial charge in [-0.3, -0.25) is 4.79 Å². The lowest BCUT2D eigenvalue weighted by Gasteiger charge is -2.10. The smallest absolute Gasteiger partial charge is 0.226 e. The number of oxazole rings is 1. The van der Waals surface area contributed by atoms with Crippen molar-refractivity contribution in [1.29, 1.82) is 0 Å². The van der Waals surface area contributed by atoms with Crippen molar-refractivity contribution >= 4 is 11.6 Å². The highest BCUT2D eigenvalue weighted by Gasteiger charge is 2.10. The minimum Gasteiger partial charge on any atom is -0.494 e. The number of carbonyl (C=O) groups is 1. The van der Waals surface area contributed by atoms with Crippen LogP contribution in [-0.4, -0.2) is 17.5 Å². The van der Waals surface area contributed by atoms with Gasteiger partial charge in [-0.15, -0.1) is 0 Å². The van der Waals surface area contributed by atoms with Crippen molar-refractivity contribution in [2.45, 2.75) is 33.6 Å². The first-order valence-electron chi connectivity index (χ1n) is 9.04. The molecule has 0 fully saturated rings. The Morgan fingerprint density at radius 2 is 2.00 bits per heavy atom. The van der Waals surface area contributed by atoms with Crippen LogP contribution in [0.15, 0.2) is 53.1 Å². The van der Waals surface area contributed by atoms with Gasteiger partial charge in [-0.25, -0.2) is 4.98 Å². The van der Waals surface area contributed by atoms with Gasteiger partial charge in [-0.05, 0) is 62.6 Å². The molecular weight excluding hydrogens is 340 g/mol. The Morgan fingerprint density at radius 3 is 2.74 bits per heavy atom. The minimum atomic E-state index is -0.0355. The quantitative estimate of drug-likeness (QED) is 0.595. The molecule has 2 aromatic carbocycles. The maximum atomic E-state index is 12.3. The summed E-state index contributed by atoms with van der Waals surface area (Å²) in [5.41, 5.74) is 4.58. The zero-order chi connectivity index (χ0) is 19.2. The van der Waals surface area contributed by atoms with E-state index in [1.807, 2.05) is 63.2 Å². The predicted molar refractivity (Wildman–Crippen MR) is 106 cm³/mol. The van der Waals surface area contributed by atoms with Crippen LogP contribution in [0.1, 0.15) is 29.7 Å². The molecule has 0 radical (unpaired) electrons. The number of hydrogen-bond donors (Lipinski definition) is 1. The normalized spacial score (nSPS) is 10.6. The van der Waals surface area contributed by atoms with Crippen molar-refractivity contribution in [2.24, 2.45) is 0 Å². The summed E-state index contributed by atoms with van der Waals surface area (Å²) in [5.74, 6) is 1.35. The molecule has 0 aliphatic rings. The molecule has 1 heterocycles. The number of aryl methyl sites for hydroxylation is 3. The Kier molecular flexibility index (Phi) is 5.91. The molecule has 5 nitrogen and oxygen atoms in total. The summed E-state index contributed by atoms with van der Waals surface area (Å²) in [6, 6.07) is 13.7. The molecule has 5 heteroatoms. The van der Waals surface area contributed by atoms with E-state index in [1.54, 1.807) is 6.26 Å². The summed E-state index contributed by atoms with van der Waals surface area (Å²) in [7, 11) is 0. The maximum absolute atomic E-state index is 12.3. The summed E-state index contributed by atoms with van der Waals surface area (Å²) in [6.45, 7) is 6.37. The number of nitrogens with one attached hydrogen (secondary N) is 1. The molecule has 140 valence electrons. The van der Waals surface area contributed by atoms with E-state index in [0.29, 0.717) is 25.3 Å². The molecule has 0 saturated heterocycles. The Morgan fingerprint density at radius 1 is 1.15 bits per heavy atom. The number of nitrogens with zero attached hydrogens (tertiary/aromatic N) is 1. The Labute approximate surface area is 159 Å². The lowest BCUT2D eigenvalue weighted by molar-refractivity contribution is -0.116. The molecule has 0 saturated carbocycles. The molecule has 1 amide bonds. The molecule has 0 atom stereocenters.